The van der Waals surface area contributed by atoms with Gasteiger partial charge < -0.3 is 19.3 Å². The standard InChI is InChI=1S/C37H46ClFN4O6S/c1-23-8-10-31(39)34(36(45)41-15-16-48-24(2)20-41)43-14-6-12-37(43)22-42-13-5-4-7-26-17-28(38)19-30(37)29(26)21-49-33-11-9-27(18-32(33)42)35(44)40-50(46,47)25(23)3/h9-11,17-19,23-25,34H,4-8,12-16,20-22H2,1-3H3,(H,40,44)/b31-10-/t23-,24-,25+,34+,37-/m0/s1. The van der Waals surface area contributed by atoms with Gasteiger partial charge in [0.1, 0.15) is 24.2 Å². The highest BCUT2D eigenvalue weighted by Crippen LogP contribution is 2.49. The van der Waals surface area contributed by atoms with E-state index in [1.807, 2.05) is 24.0 Å². The van der Waals surface area contributed by atoms with Crippen LogP contribution >= 0.6 is 11.6 Å². The zero-order chi connectivity index (χ0) is 35.4. The molecule has 1 N–H and O–H groups in total. The van der Waals surface area contributed by atoms with Crippen LogP contribution in [0.2, 0.25) is 5.02 Å². The number of nitrogens with one attached hydrogen (secondary N) is 1. The molecule has 2 saturated heterocycles. The molecule has 0 saturated carbocycles. The van der Waals surface area contributed by atoms with Crippen molar-refractivity contribution in [1.29, 1.82) is 0 Å². The largest absolute Gasteiger partial charge is 0.487 e. The van der Waals surface area contributed by atoms with E-state index in [2.05, 4.69) is 9.62 Å². The van der Waals surface area contributed by atoms with Gasteiger partial charge in [0.25, 0.3) is 5.91 Å². The summed E-state index contributed by atoms with van der Waals surface area (Å²) in [6.45, 7) is 7.85. The number of allylic oxidation sites excluding steroid dienone is 1. The Morgan fingerprint density at radius 3 is 2.70 bits per heavy atom. The maximum Gasteiger partial charge on any atom is 0.264 e. The molecule has 7 rings (SSSR count). The number of nitrogens with zero attached hydrogens (tertiary/aromatic N) is 3. The monoisotopic (exact) mass is 728 g/mol. The second kappa shape index (κ2) is 13.7. The van der Waals surface area contributed by atoms with Gasteiger partial charge in [-0.3, -0.25) is 14.5 Å². The Kier molecular flexibility index (Phi) is 9.68. The molecule has 5 atom stereocenters. The summed E-state index contributed by atoms with van der Waals surface area (Å²) in [7, 11) is -4.13. The third-order valence-corrected chi connectivity index (χ3v) is 13.6. The summed E-state index contributed by atoms with van der Waals surface area (Å²) < 4.78 is 58.7. The molecule has 2 aromatic rings. The zero-order valence-corrected chi connectivity index (χ0v) is 30.5. The lowest BCUT2D eigenvalue weighted by Crippen LogP contribution is -2.60. The van der Waals surface area contributed by atoms with Crippen molar-refractivity contribution in [2.75, 3.05) is 44.2 Å². The first-order chi connectivity index (χ1) is 23.9. The van der Waals surface area contributed by atoms with Crippen molar-refractivity contribution >= 4 is 39.1 Å². The van der Waals surface area contributed by atoms with Crippen molar-refractivity contribution < 1.29 is 31.9 Å². The second-order valence-corrected chi connectivity index (χ2v) is 17.1. The van der Waals surface area contributed by atoms with Gasteiger partial charge in [-0.15, -0.1) is 0 Å². The number of hydrogen-bond acceptors (Lipinski definition) is 8. The number of carbonyl (C=O) groups is 2. The first-order valence-electron chi connectivity index (χ1n) is 17.8. The van der Waals surface area contributed by atoms with E-state index in [1.165, 1.54) is 13.0 Å². The number of rotatable bonds is 1. The van der Waals surface area contributed by atoms with Gasteiger partial charge in [-0.05, 0) is 105 Å². The number of sulfonamides is 1. The van der Waals surface area contributed by atoms with Crippen molar-refractivity contribution in [1.82, 2.24) is 14.5 Å². The normalized spacial score (nSPS) is 31.2. The number of morpholine rings is 1. The minimum atomic E-state index is -4.13. The highest BCUT2D eigenvalue weighted by Gasteiger charge is 2.52. The molecule has 0 aromatic heterocycles. The Hall–Kier alpha value is -3.19. The van der Waals surface area contributed by atoms with Crippen LogP contribution in [-0.2, 0) is 38.1 Å². The summed E-state index contributed by atoms with van der Waals surface area (Å²) in [5.74, 6) is -1.68. The smallest absolute Gasteiger partial charge is 0.264 e. The van der Waals surface area contributed by atoms with Crippen LogP contribution in [0.25, 0.3) is 0 Å². The lowest BCUT2D eigenvalue weighted by molar-refractivity contribution is -0.145. The van der Waals surface area contributed by atoms with E-state index in [1.54, 1.807) is 30.0 Å². The summed E-state index contributed by atoms with van der Waals surface area (Å²) in [6, 6.07) is 7.75. The van der Waals surface area contributed by atoms with Crippen LogP contribution in [0.15, 0.2) is 42.2 Å². The highest BCUT2D eigenvalue weighted by atomic mass is 35.5. The van der Waals surface area contributed by atoms with E-state index >= 15 is 4.39 Å². The molecule has 5 aliphatic rings. The predicted octanol–water partition coefficient (Wildman–Crippen LogP) is 5.32. The van der Waals surface area contributed by atoms with Gasteiger partial charge in [-0.2, -0.15) is 0 Å². The highest BCUT2D eigenvalue weighted by molar-refractivity contribution is 7.90. The quantitative estimate of drug-likeness (QED) is 0.421. The molecule has 2 amide bonds. The van der Waals surface area contributed by atoms with Crippen molar-refractivity contribution in [3.05, 3.63) is 69.5 Å². The molecule has 5 heterocycles. The molecule has 270 valence electrons. The van der Waals surface area contributed by atoms with E-state index in [4.69, 9.17) is 21.1 Å². The zero-order valence-electron chi connectivity index (χ0n) is 28.9. The summed E-state index contributed by atoms with van der Waals surface area (Å²) in [5.41, 5.74) is 2.99. The van der Waals surface area contributed by atoms with Crippen molar-refractivity contribution in [2.45, 2.75) is 88.8 Å². The van der Waals surface area contributed by atoms with Gasteiger partial charge in [0.15, 0.2) is 0 Å². The van der Waals surface area contributed by atoms with E-state index in [9.17, 15) is 18.0 Å². The molecule has 1 spiro atoms. The lowest BCUT2D eigenvalue weighted by Gasteiger charge is -2.47. The maximum absolute atomic E-state index is 17.2. The lowest BCUT2D eigenvalue weighted by atomic mass is 9.79. The number of benzene rings is 2. The number of hydrogen-bond donors (Lipinski definition) is 1. The number of aryl methyl sites for hydroxylation is 1. The Morgan fingerprint density at radius 2 is 1.90 bits per heavy atom. The summed E-state index contributed by atoms with van der Waals surface area (Å²) in [4.78, 5) is 34.2. The van der Waals surface area contributed by atoms with Crippen LogP contribution in [0.1, 0.15) is 79.9 Å². The molecular weight excluding hydrogens is 683 g/mol. The fraction of sp³-hybridized carbons (Fsp3) is 0.568. The summed E-state index contributed by atoms with van der Waals surface area (Å²) in [6.07, 6.45) is 5.09. The van der Waals surface area contributed by atoms with E-state index in [0.29, 0.717) is 68.6 Å². The number of fused-ring (bicyclic) bond motifs is 1. The van der Waals surface area contributed by atoms with Crippen molar-refractivity contribution in [3.63, 3.8) is 0 Å². The third-order valence-electron chi connectivity index (χ3n) is 11.4. The molecule has 0 radical (unpaired) electrons. The van der Waals surface area contributed by atoms with Crippen LogP contribution < -0.4 is 14.4 Å². The van der Waals surface area contributed by atoms with Crippen molar-refractivity contribution in [3.8, 4) is 5.75 Å². The fourth-order valence-corrected chi connectivity index (χ4v) is 10.0. The van der Waals surface area contributed by atoms with E-state index in [-0.39, 0.29) is 30.6 Å². The Morgan fingerprint density at radius 1 is 1.08 bits per heavy atom. The summed E-state index contributed by atoms with van der Waals surface area (Å²) >= 11 is 6.91. The fourth-order valence-electron chi connectivity index (χ4n) is 8.50. The second-order valence-electron chi connectivity index (χ2n) is 14.6. The van der Waals surface area contributed by atoms with Crippen LogP contribution in [0, 0.1) is 5.92 Å². The van der Waals surface area contributed by atoms with E-state index < -0.39 is 44.5 Å². The molecule has 0 aliphatic carbocycles. The van der Waals surface area contributed by atoms with Gasteiger partial charge in [0.2, 0.25) is 15.9 Å². The molecule has 5 aliphatic heterocycles. The third kappa shape index (κ3) is 6.41. The average molecular weight is 729 g/mol. The Balaban J connectivity index is 1.49. The average Bonchev–Trinajstić information content (AvgIpc) is 3.50. The number of ether oxygens (including phenoxy) is 2. The first-order valence-corrected chi connectivity index (χ1v) is 19.7. The molecule has 2 aromatic carbocycles. The van der Waals surface area contributed by atoms with Crippen LogP contribution in [0.5, 0.6) is 5.75 Å². The van der Waals surface area contributed by atoms with Gasteiger partial charge in [0.05, 0.1) is 29.2 Å². The predicted molar refractivity (Wildman–Crippen MR) is 190 cm³/mol. The van der Waals surface area contributed by atoms with Crippen LogP contribution in [-0.4, -0.2) is 86.8 Å². The number of amides is 2. The molecule has 50 heavy (non-hydrogen) atoms. The minimum absolute atomic E-state index is 0.0532. The molecule has 0 unspecified atom stereocenters. The number of carbonyl (C=O) groups excluding carboxylic acids is 2. The van der Waals surface area contributed by atoms with Crippen LogP contribution in [0.4, 0.5) is 10.1 Å². The van der Waals surface area contributed by atoms with Gasteiger partial charge in [0, 0.05) is 43.3 Å². The topological polar surface area (TPSA) is 108 Å². The summed E-state index contributed by atoms with van der Waals surface area (Å²) in [5, 5.41) is -0.436. The molecule has 2 fully saturated rings. The molecular formula is C37H46ClFN4O6S. The van der Waals surface area contributed by atoms with Gasteiger partial charge in [-0.1, -0.05) is 24.6 Å². The first kappa shape index (κ1) is 35.2. The van der Waals surface area contributed by atoms with E-state index in [0.717, 1.165) is 36.0 Å². The SMILES string of the molecule is C[C@@H]1[C@@H](C)C/C=C(\F)[C@H](C(=O)N2CCO[C@@H](C)C2)N2CCC[C@@]23CN2CCCCc4cc(Cl)cc3c4COc3ccc(cc32)C(=O)NS1(=O)=O. The number of anilines is 1. The molecule has 7 bridgehead atoms. The molecule has 13 heteroatoms. The minimum Gasteiger partial charge on any atom is -0.487 e. The molecule has 10 nitrogen and oxygen atoms in total. The van der Waals surface area contributed by atoms with Crippen LogP contribution in [0.3, 0.4) is 0 Å². The van der Waals surface area contributed by atoms with Gasteiger partial charge >= 0.3 is 0 Å². The van der Waals surface area contributed by atoms with Gasteiger partial charge in [-0.25, -0.2) is 17.5 Å². The number of halogens is 2. The maximum atomic E-state index is 17.2. The Bertz CT molecular complexity index is 1820. The Labute approximate surface area is 299 Å². The van der Waals surface area contributed by atoms with Crippen molar-refractivity contribution in [2.24, 2.45) is 5.92 Å².